The van der Waals surface area contributed by atoms with Crippen LogP contribution in [-0.2, 0) is 9.53 Å². The normalized spacial score (nSPS) is 22.2. The van der Waals surface area contributed by atoms with Crippen LogP contribution in [0.5, 0.6) is 0 Å². The van der Waals surface area contributed by atoms with Gasteiger partial charge in [-0.25, -0.2) is 4.79 Å². The molecule has 1 fully saturated rings. The van der Waals surface area contributed by atoms with Crippen molar-refractivity contribution >= 4 is 34.7 Å². The zero-order valence-electron chi connectivity index (χ0n) is 12.1. The number of rotatable bonds is 2. The van der Waals surface area contributed by atoms with Crippen LogP contribution in [0.3, 0.4) is 0 Å². The fraction of sp³-hybridized carbons (Fsp3) is 0.500. The molecule has 1 unspecified atom stereocenters. The molecule has 0 bridgehead atoms. The SMILES string of the molecule is CC(C)(C)OC(=O)N1C(c2cccnc2)SC[C@H]1C(=O)Cl. The second-order valence-corrected chi connectivity index (χ2v) is 7.17. The first-order valence-electron chi connectivity index (χ1n) is 6.52. The van der Waals surface area contributed by atoms with Crippen LogP contribution < -0.4 is 0 Å². The number of pyridine rings is 1. The van der Waals surface area contributed by atoms with E-state index in [1.807, 2.05) is 6.07 Å². The second kappa shape index (κ2) is 6.23. The molecule has 1 aromatic rings. The van der Waals surface area contributed by atoms with Crippen LogP contribution in [0.2, 0.25) is 0 Å². The van der Waals surface area contributed by atoms with Gasteiger partial charge in [-0.15, -0.1) is 11.8 Å². The Bertz CT molecular complexity index is 533. The van der Waals surface area contributed by atoms with Gasteiger partial charge in [0.1, 0.15) is 17.0 Å². The summed E-state index contributed by atoms with van der Waals surface area (Å²) in [5.74, 6) is 0.446. The van der Waals surface area contributed by atoms with Crippen LogP contribution in [0.25, 0.3) is 0 Å². The van der Waals surface area contributed by atoms with Gasteiger partial charge in [0.15, 0.2) is 0 Å². The predicted molar refractivity (Wildman–Crippen MR) is 82.2 cm³/mol. The molecule has 0 saturated carbocycles. The molecule has 7 heteroatoms. The molecule has 2 heterocycles. The van der Waals surface area contributed by atoms with Gasteiger partial charge in [0.05, 0.1) is 0 Å². The van der Waals surface area contributed by atoms with E-state index in [4.69, 9.17) is 16.3 Å². The van der Waals surface area contributed by atoms with Crippen LogP contribution in [0.4, 0.5) is 4.79 Å². The molecule has 5 nitrogen and oxygen atoms in total. The molecule has 0 aromatic carbocycles. The van der Waals surface area contributed by atoms with Gasteiger partial charge in [-0.1, -0.05) is 6.07 Å². The molecular weight excluding hydrogens is 312 g/mol. The standard InChI is InChI=1S/C14H17ClN2O3S/c1-14(2,3)20-13(19)17-10(11(15)18)8-21-12(17)9-5-4-6-16-7-9/h4-7,10,12H,8H2,1-3H3/t10-,12?/m0/s1. The highest BCUT2D eigenvalue weighted by Gasteiger charge is 2.43. The Balaban J connectivity index is 2.29. The lowest BCUT2D eigenvalue weighted by Gasteiger charge is -2.30. The maximum atomic E-state index is 12.4. The maximum absolute atomic E-state index is 12.4. The van der Waals surface area contributed by atoms with E-state index >= 15 is 0 Å². The van der Waals surface area contributed by atoms with E-state index in [-0.39, 0.29) is 5.37 Å². The first-order chi connectivity index (χ1) is 9.79. The van der Waals surface area contributed by atoms with E-state index in [0.29, 0.717) is 5.75 Å². The molecular formula is C14H17ClN2O3S. The minimum absolute atomic E-state index is 0.318. The molecule has 1 saturated heterocycles. The smallest absolute Gasteiger partial charge is 0.412 e. The lowest BCUT2D eigenvalue weighted by atomic mass is 10.2. The molecule has 2 rings (SSSR count). The highest BCUT2D eigenvalue weighted by molar-refractivity contribution is 7.99. The Morgan fingerprint density at radius 2 is 2.19 bits per heavy atom. The van der Waals surface area contributed by atoms with Gasteiger partial charge in [0.2, 0.25) is 5.24 Å². The van der Waals surface area contributed by atoms with Crippen molar-refractivity contribution in [3.8, 4) is 0 Å². The first kappa shape index (κ1) is 16.1. The number of carbonyl (C=O) groups is 2. The number of carbonyl (C=O) groups excluding carboxylic acids is 2. The van der Waals surface area contributed by atoms with Crippen molar-refractivity contribution < 1.29 is 14.3 Å². The Kier molecular flexibility index (Phi) is 4.78. The van der Waals surface area contributed by atoms with Gasteiger partial charge in [0.25, 0.3) is 0 Å². The van der Waals surface area contributed by atoms with Gasteiger partial charge in [-0.05, 0) is 38.4 Å². The molecule has 1 aliphatic rings. The van der Waals surface area contributed by atoms with Crippen LogP contribution >= 0.6 is 23.4 Å². The zero-order valence-corrected chi connectivity index (χ0v) is 13.6. The Hall–Kier alpha value is -1.27. The summed E-state index contributed by atoms with van der Waals surface area (Å²) in [7, 11) is 0. The number of thioether (sulfide) groups is 1. The largest absolute Gasteiger partial charge is 0.444 e. The van der Waals surface area contributed by atoms with E-state index in [1.165, 1.54) is 16.7 Å². The molecule has 1 amide bonds. The lowest BCUT2D eigenvalue weighted by molar-refractivity contribution is -0.115. The van der Waals surface area contributed by atoms with Crippen molar-refractivity contribution in [1.82, 2.24) is 9.88 Å². The van der Waals surface area contributed by atoms with Crippen molar-refractivity contribution in [3.63, 3.8) is 0 Å². The molecule has 0 aliphatic carbocycles. The molecule has 1 aliphatic heterocycles. The summed E-state index contributed by atoms with van der Waals surface area (Å²) in [5.41, 5.74) is 0.206. The van der Waals surface area contributed by atoms with Crippen molar-refractivity contribution in [2.75, 3.05) is 5.75 Å². The van der Waals surface area contributed by atoms with Crippen LogP contribution in [-0.4, -0.2) is 38.6 Å². The Morgan fingerprint density at radius 1 is 1.48 bits per heavy atom. The van der Waals surface area contributed by atoms with Crippen molar-refractivity contribution in [2.45, 2.75) is 37.8 Å². The number of aromatic nitrogens is 1. The number of hydrogen-bond donors (Lipinski definition) is 0. The third-order valence-electron chi connectivity index (χ3n) is 2.84. The van der Waals surface area contributed by atoms with Gasteiger partial charge >= 0.3 is 6.09 Å². The molecule has 0 N–H and O–H groups in total. The molecule has 21 heavy (non-hydrogen) atoms. The number of hydrogen-bond acceptors (Lipinski definition) is 5. The van der Waals surface area contributed by atoms with E-state index in [2.05, 4.69) is 4.98 Å². The van der Waals surface area contributed by atoms with Crippen molar-refractivity contribution in [3.05, 3.63) is 30.1 Å². The minimum Gasteiger partial charge on any atom is -0.444 e. The average molecular weight is 329 g/mol. The predicted octanol–water partition coefficient (Wildman–Crippen LogP) is 3.20. The Labute approximate surface area is 133 Å². The van der Waals surface area contributed by atoms with Crippen LogP contribution in [0, 0.1) is 0 Å². The third-order valence-corrected chi connectivity index (χ3v) is 4.41. The summed E-state index contributed by atoms with van der Waals surface area (Å²) in [6.07, 6.45) is 2.79. The summed E-state index contributed by atoms with van der Waals surface area (Å²) in [6, 6.07) is 2.97. The minimum atomic E-state index is -0.684. The highest BCUT2D eigenvalue weighted by atomic mass is 35.5. The van der Waals surface area contributed by atoms with Gasteiger partial charge in [-0.3, -0.25) is 14.7 Å². The van der Waals surface area contributed by atoms with Gasteiger partial charge in [-0.2, -0.15) is 0 Å². The summed E-state index contributed by atoms with van der Waals surface area (Å²) in [6.45, 7) is 5.35. The monoisotopic (exact) mass is 328 g/mol. The number of amides is 1. The fourth-order valence-corrected chi connectivity index (χ4v) is 3.67. The van der Waals surface area contributed by atoms with Gasteiger partial charge < -0.3 is 4.74 Å². The summed E-state index contributed by atoms with van der Waals surface area (Å²) >= 11 is 7.10. The summed E-state index contributed by atoms with van der Waals surface area (Å²) < 4.78 is 5.40. The third kappa shape index (κ3) is 3.89. The van der Waals surface area contributed by atoms with E-state index < -0.39 is 23.0 Å². The maximum Gasteiger partial charge on any atom is 0.412 e. The van der Waals surface area contributed by atoms with E-state index in [9.17, 15) is 9.59 Å². The first-order valence-corrected chi connectivity index (χ1v) is 7.94. The zero-order chi connectivity index (χ0) is 15.6. The molecule has 2 atom stereocenters. The summed E-state index contributed by atoms with van der Waals surface area (Å²) in [4.78, 5) is 29.5. The highest BCUT2D eigenvalue weighted by Crippen LogP contribution is 2.42. The lowest BCUT2D eigenvalue weighted by Crippen LogP contribution is -2.44. The average Bonchev–Trinajstić information content (AvgIpc) is 2.82. The van der Waals surface area contributed by atoms with E-state index in [1.54, 1.807) is 39.2 Å². The van der Waals surface area contributed by atoms with Crippen molar-refractivity contribution in [1.29, 1.82) is 0 Å². The van der Waals surface area contributed by atoms with Crippen LogP contribution in [0.15, 0.2) is 24.5 Å². The van der Waals surface area contributed by atoms with Crippen LogP contribution in [0.1, 0.15) is 31.7 Å². The molecule has 1 aromatic heterocycles. The summed E-state index contributed by atoms with van der Waals surface area (Å²) in [5, 5.41) is -0.874. The molecule has 0 spiro atoms. The second-order valence-electron chi connectivity index (χ2n) is 5.68. The Morgan fingerprint density at radius 3 is 2.71 bits per heavy atom. The number of nitrogens with zero attached hydrogens (tertiary/aromatic N) is 2. The van der Waals surface area contributed by atoms with Crippen molar-refractivity contribution in [2.24, 2.45) is 0 Å². The molecule has 114 valence electrons. The topological polar surface area (TPSA) is 59.5 Å². The number of ether oxygens (including phenoxy) is 1. The fourth-order valence-electron chi connectivity index (χ4n) is 2.00. The molecule has 0 radical (unpaired) electrons. The van der Waals surface area contributed by atoms with E-state index in [0.717, 1.165) is 5.56 Å². The van der Waals surface area contributed by atoms with Gasteiger partial charge in [0, 0.05) is 23.7 Å². The quantitative estimate of drug-likeness (QED) is 0.780. The number of halogens is 1.